The maximum atomic E-state index is 4.72. The molecule has 130 valence electrons. The molecular formula is C19H13Br2ClN4. The van der Waals surface area contributed by atoms with E-state index in [2.05, 4.69) is 31.9 Å². The number of hydrogen-bond acceptors (Lipinski definition) is 2. The van der Waals surface area contributed by atoms with E-state index >= 15 is 0 Å². The lowest BCUT2D eigenvalue weighted by Crippen LogP contribution is -3.00. The van der Waals surface area contributed by atoms with Gasteiger partial charge in [-0.1, -0.05) is 50.1 Å². The summed E-state index contributed by atoms with van der Waals surface area (Å²) in [5.74, 6) is 0.666. The topological polar surface area (TPSA) is 34.6 Å². The van der Waals surface area contributed by atoms with Crippen LogP contribution in [0.15, 0.2) is 87.8 Å². The molecule has 0 spiro atoms. The molecule has 0 aliphatic heterocycles. The van der Waals surface area contributed by atoms with E-state index in [0.29, 0.717) is 5.82 Å². The van der Waals surface area contributed by atoms with Gasteiger partial charge in [0.05, 0.1) is 10.7 Å². The highest BCUT2D eigenvalue weighted by molar-refractivity contribution is 9.10. The number of para-hydroxylation sites is 1. The third kappa shape index (κ3) is 3.87. The zero-order valence-electron chi connectivity index (χ0n) is 13.4. The van der Waals surface area contributed by atoms with Crippen LogP contribution in [0.3, 0.4) is 0 Å². The van der Waals surface area contributed by atoms with E-state index in [0.717, 1.165) is 25.9 Å². The molecule has 7 heteroatoms. The van der Waals surface area contributed by atoms with E-state index < -0.39 is 0 Å². The van der Waals surface area contributed by atoms with Gasteiger partial charge in [0.1, 0.15) is 5.69 Å². The first-order valence-electron chi connectivity index (χ1n) is 7.68. The number of benzene rings is 3. The van der Waals surface area contributed by atoms with Gasteiger partial charge >= 0.3 is 5.82 Å². The molecule has 0 bridgehead atoms. The summed E-state index contributed by atoms with van der Waals surface area (Å²) < 4.78 is 2.05. The van der Waals surface area contributed by atoms with Gasteiger partial charge in [-0.05, 0) is 70.6 Å². The Balaban J connectivity index is 0.00000196. The Morgan fingerprint density at radius 3 is 1.92 bits per heavy atom. The first kappa shape index (κ1) is 18.8. The van der Waals surface area contributed by atoms with Gasteiger partial charge in [-0.3, -0.25) is 0 Å². The normalized spacial score (nSPS) is 10.4. The third-order valence-electron chi connectivity index (χ3n) is 3.71. The van der Waals surface area contributed by atoms with Gasteiger partial charge in [-0.15, -0.1) is 0 Å². The third-order valence-corrected chi connectivity index (χ3v) is 4.76. The number of hydrogen-bond donors (Lipinski definition) is 0. The Morgan fingerprint density at radius 2 is 1.31 bits per heavy atom. The number of halogens is 3. The number of rotatable bonds is 3. The molecule has 0 aliphatic rings. The predicted molar refractivity (Wildman–Crippen MR) is 104 cm³/mol. The van der Waals surface area contributed by atoms with E-state index in [1.165, 1.54) is 0 Å². The molecule has 0 fully saturated rings. The molecule has 0 amide bonds. The van der Waals surface area contributed by atoms with E-state index in [1.807, 2.05) is 78.9 Å². The lowest BCUT2D eigenvalue weighted by Gasteiger charge is -1.99. The summed E-state index contributed by atoms with van der Waals surface area (Å²) in [6.45, 7) is 0. The van der Waals surface area contributed by atoms with Crippen molar-refractivity contribution in [1.82, 2.24) is 15.0 Å². The molecule has 26 heavy (non-hydrogen) atoms. The molecule has 0 N–H and O–H groups in total. The van der Waals surface area contributed by atoms with E-state index in [1.54, 1.807) is 9.59 Å². The van der Waals surface area contributed by atoms with Gasteiger partial charge in [0.25, 0.3) is 0 Å². The van der Waals surface area contributed by atoms with Crippen molar-refractivity contribution < 1.29 is 17.2 Å². The molecule has 0 saturated heterocycles. The van der Waals surface area contributed by atoms with Gasteiger partial charge in [-0.2, -0.15) is 0 Å². The monoisotopic (exact) mass is 490 g/mol. The molecular weight excluding hydrogens is 479 g/mol. The van der Waals surface area contributed by atoms with Crippen molar-refractivity contribution >= 4 is 31.9 Å². The molecule has 0 aliphatic carbocycles. The molecule has 0 unspecified atom stereocenters. The Morgan fingerprint density at radius 1 is 0.731 bits per heavy atom. The summed E-state index contributed by atoms with van der Waals surface area (Å²) >= 11 is 6.94. The lowest BCUT2D eigenvalue weighted by molar-refractivity contribution is -0.734. The second-order valence-electron chi connectivity index (χ2n) is 5.42. The molecule has 4 nitrogen and oxygen atoms in total. The minimum atomic E-state index is 0. The molecule has 4 rings (SSSR count). The van der Waals surface area contributed by atoms with Crippen molar-refractivity contribution in [1.29, 1.82) is 0 Å². The Bertz CT molecular complexity index is 1000. The van der Waals surface area contributed by atoms with Crippen LogP contribution >= 0.6 is 31.9 Å². The van der Waals surface area contributed by atoms with Crippen molar-refractivity contribution in [2.45, 2.75) is 0 Å². The Hall–Kier alpha value is -2.02. The zero-order valence-corrected chi connectivity index (χ0v) is 17.4. The summed E-state index contributed by atoms with van der Waals surface area (Å²) in [5.41, 5.74) is 2.84. The average Bonchev–Trinajstić information content (AvgIpc) is 3.09. The minimum absolute atomic E-state index is 0. The van der Waals surface area contributed by atoms with Crippen LogP contribution in [-0.2, 0) is 0 Å². The fourth-order valence-electron chi connectivity index (χ4n) is 2.47. The van der Waals surface area contributed by atoms with Gasteiger partial charge in [0.2, 0.25) is 0 Å². The largest absolute Gasteiger partial charge is 1.00 e. The first-order valence-corrected chi connectivity index (χ1v) is 9.26. The van der Waals surface area contributed by atoms with Crippen molar-refractivity contribution in [2.24, 2.45) is 0 Å². The van der Waals surface area contributed by atoms with Crippen LogP contribution in [-0.4, -0.2) is 15.0 Å². The standard InChI is InChI=1S/C19H13Br2N4.ClH/c20-15-8-6-14(7-9-15)19-22-24(17-4-2-1-3-5-17)25(23-19)18-12-10-16(21)11-13-18;/h1-13H;1H/q+1;/p-1. The van der Waals surface area contributed by atoms with Crippen molar-refractivity contribution in [3.8, 4) is 22.8 Å². The second kappa shape index (κ2) is 8.12. The predicted octanol–water partition coefficient (Wildman–Crippen LogP) is 1.74. The quantitative estimate of drug-likeness (QED) is 0.409. The highest BCUT2D eigenvalue weighted by Crippen LogP contribution is 2.19. The van der Waals surface area contributed by atoms with E-state index in [4.69, 9.17) is 10.2 Å². The zero-order chi connectivity index (χ0) is 17.2. The smallest absolute Gasteiger partial charge is 0.340 e. The van der Waals surface area contributed by atoms with Crippen LogP contribution in [0.25, 0.3) is 22.8 Å². The molecule has 0 radical (unpaired) electrons. The van der Waals surface area contributed by atoms with Crippen molar-refractivity contribution in [3.63, 3.8) is 0 Å². The summed E-state index contributed by atoms with van der Waals surface area (Å²) in [6.07, 6.45) is 0. The Labute approximate surface area is 174 Å². The first-order chi connectivity index (χ1) is 12.2. The second-order valence-corrected chi connectivity index (χ2v) is 7.25. The Kier molecular flexibility index (Phi) is 5.86. The highest BCUT2D eigenvalue weighted by atomic mass is 79.9. The van der Waals surface area contributed by atoms with Gasteiger partial charge in [-0.25, -0.2) is 0 Å². The average molecular weight is 493 g/mol. The maximum absolute atomic E-state index is 4.72. The van der Waals surface area contributed by atoms with Crippen LogP contribution in [0.2, 0.25) is 0 Å². The molecule has 1 heterocycles. The van der Waals surface area contributed by atoms with Crippen LogP contribution in [0.5, 0.6) is 0 Å². The van der Waals surface area contributed by atoms with Crippen LogP contribution in [0.1, 0.15) is 0 Å². The van der Waals surface area contributed by atoms with Crippen molar-refractivity contribution in [2.75, 3.05) is 0 Å². The summed E-state index contributed by atoms with van der Waals surface area (Å²) in [5, 5.41) is 9.44. The fourth-order valence-corrected chi connectivity index (χ4v) is 3.00. The fraction of sp³-hybridized carbons (Fsp3) is 0. The molecule has 1 aromatic heterocycles. The van der Waals surface area contributed by atoms with Gasteiger partial charge in [0.15, 0.2) is 5.69 Å². The minimum Gasteiger partial charge on any atom is -1.00 e. The van der Waals surface area contributed by atoms with Crippen LogP contribution in [0, 0.1) is 0 Å². The van der Waals surface area contributed by atoms with Crippen LogP contribution < -0.4 is 17.2 Å². The number of nitrogens with zero attached hydrogens (tertiary/aromatic N) is 4. The van der Waals surface area contributed by atoms with Gasteiger partial charge < -0.3 is 12.4 Å². The van der Waals surface area contributed by atoms with Crippen LogP contribution in [0.4, 0.5) is 0 Å². The molecule has 0 saturated carbocycles. The maximum Gasteiger partial charge on any atom is 0.340 e. The lowest BCUT2D eigenvalue weighted by atomic mass is 10.2. The van der Waals surface area contributed by atoms with E-state index in [9.17, 15) is 0 Å². The van der Waals surface area contributed by atoms with E-state index in [-0.39, 0.29) is 12.4 Å². The molecule has 3 aromatic carbocycles. The highest BCUT2D eigenvalue weighted by Gasteiger charge is 2.23. The summed E-state index contributed by atoms with van der Waals surface area (Å²) in [7, 11) is 0. The van der Waals surface area contributed by atoms with Gasteiger partial charge in [0, 0.05) is 13.7 Å². The van der Waals surface area contributed by atoms with Crippen molar-refractivity contribution in [3.05, 3.63) is 87.8 Å². The molecule has 4 aromatic rings. The summed E-state index contributed by atoms with van der Waals surface area (Å²) in [4.78, 5) is 3.61. The summed E-state index contributed by atoms with van der Waals surface area (Å²) in [6, 6.07) is 26.0. The SMILES string of the molecule is Brc1ccc(-c2nn(-c3ccccc3)[n+](-c3ccc(Br)cc3)n2)cc1.[Cl-]. The number of tetrazole rings is 1. The number of aromatic nitrogens is 4. The molecule has 0 atom stereocenters.